The van der Waals surface area contributed by atoms with Crippen LogP contribution in [0.2, 0.25) is 0 Å². The lowest BCUT2D eigenvalue weighted by atomic mass is 10.2. The van der Waals surface area contributed by atoms with Crippen molar-refractivity contribution < 1.29 is 0 Å². The van der Waals surface area contributed by atoms with Gasteiger partial charge in [0.1, 0.15) is 0 Å². The molecule has 0 saturated carbocycles. The van der Waals surface area contributed by atoms with Gasteiger partial charge in [0.25, 0.3) is 0 Å². The van der Waals surface area contributed by atoms with Crippen molar-refractivity contribution >= 4 is 11.3 Å². The fourth-order valence-corrected chi connectivity index (χ4v) is 2.05. The molecule has 0 aliphatic carbocycles. The lowest BCUT2D eigenvalue weighted by Crippen LogP contribution is -2.02. The first-order valence-electron chi connectivity index (χ1n) is 5.05. The molecule has 0 radical (unpaired) electrons. The van der Waals surface area contributed by atoms with E-state index in [9.17, 15) is 0 Å². The van der Waals surface area contributed by atoms with Crippen LogP contribution in [0.25, 0.3) is 0 Å². The largest absolute Gasteiger partial charge is 0.315 e. The van der Waals surface area contributed by atoms with E-state index in [2.05, 4.69) is 22.1 Å². The molecule has 3 heteroatoms. The summed E-state index contributed by atoms with van der Waals surface area (Å²) in [6.45, 7) is 0.852. The third-order valence-corrected chi connectivity index (χ3v) is 2.90. The first-order chi connectivity index (χ1) is 7.88. The van der Waals surface area contributed by atoms with Gasteiger partial charge >= 0.3 is 0 Å². The zero-order valence-electron chi connectivity index (χ0n) is 9.03. The van der Waals surface area contributed by atoms with Crippen LogP contribution < -0.4 is 5.32 Å². The summed E-state index contributed by atoms with van der Waals surface area (Å²) in [4.78, 5) is 5.46. The van der Waals surface area contributed by atoms with Crippen molar-refractivity contribution in [3.05, 3.63) is 52.0 Å². The average Bonchev–Trinajstić information content (AvgIpc) is 2.76. The standard InChI is InChI=1S/C13H12N2S/c1-14-9-12-10-15-13(16-12)8-7-11-5-3-2-4-6-11/h2-6,10,14H,9H2,1H3. The van der Waals surface area contributed by atoms with Gasteiger partial charge in [0, 0.05) is 23.2 Å². The number of nitrogens with zero attached hydrogens (tertiary/aromatic N) is 1. The van der Waals surface area contributed by atoms with Gasteiger partial charge in [-0.2, -0.15) is 0 Å². The minimum Gasteiger partial charge on any atom is -0.315 e. The van der Waals surface area contributed by atoms with E-state index >= 15 is 0 Å². The van der Waals surface area contributed by atoms with Gasteiger partial charge in [-0.05, 0) is 25.1 Å². The topological polar surface area (TPSA) is 24.9 Å². The van der Waals surface area contributed by atoms with Crippen molar-refractivity contribution in [1.82, 2.24) is 10.3 Å². The first kappa shape index (κ1) is 10.9. The molecule has 0 spiro atoms. The van der Waals surface area contributed by atoms with Gasteiger partial charge in [0.15, 0.2) is 5.01 Å². The van der Waals surface area contributed by atoms with Crippen LogP contribution in [-0.4, -0.2) is 12.0 Å². The Bertz CT molecular complexity index is 505. The first-order valence-corrected chi connectivity index (χ1v) is 5.86. The van der Waals surface area contributed by atoms with Crippen molar-refractivity contribution in [3.8, 4) is 11.8 Å². The van der Waals surface area contributed by atoms with E-state index in [0.717, 1.165) is 17.1 Å². The van der Waals surface area contributed by atoms with E-state index in [1.165, 1.54) is 4.88 Å². The summed E-state index contributed by atoms with van der Waals surface area (Å²) in [7, 11) is 1.93. The predicted octanol–water partition coefficient (Wildman–Crippen LogP) is 2.26. The Kier molecular flexibility index (Phi) is 3.71. The Hall–Kier alpha value is -1.63. The van der Waals surface area contributed by atoms with Crippen LogP contribution in [0, 0.1) is 11.8 Å². The summed E-state index contributed by atoms with van der Waals surface area (Å²) in [6.07, 6.45) is 1.87. The highest BCUT2D eigenvalue weighted by atomic mass is 32.1. The van der Waals surface area contributed by atoms with E-state index in [1.807, 2.05) is 43.6 Å². The third kappa shape index (κ3) is 2.93. The smallest absolute Gasteiger partial charge is 0.167 e. The van der Waals surface area contributed by atoms with Crippen LogP contribution >= 0.6 is 11.3 Å². The molecule has 80 valence electrons. The highest BCUT2D eigenvalue weighted by Crippen LogP contribution is 2.11. The van der Waals surface area contributed by atoms with Crippen molar-refractivity contribution in [1.29, 1.82) is 0 Å². The minimum atomic E-state index is 0.852. The van der Waals surface area contributed by atoms with Crippen LogP contribution in [0.3, 0.4) is 0 Å². The summed E-state index contributed by atoms with van der Waals surface area (Å²) < 4.78 is 0. The van der Waals surface area contributed by atoms with Crippen LogP contribution in [0.5, 0.6) is 0 Å². The van der Waals surface area contributed by atoms with E-state index in [4.69, 9.17) is 0 Å². The summed E-state index contributed by atoms with van der Waals surface area (Å²) in [5.74, 6) is 6.16. The molecule has 1 aromatic heterocycles. The highest BCUT2D eigenvalue weighted by Gasteiger charge is 1.97. The van der Waals surface area contributed by atoms with Crippen molar-refractivity contribution in [2.45, 2.75) is 6.54 Å². The maximum Gasteiger partial charge on any atom is 0.167 e. The van der Waals surface area contributed by atoms with E-state index < -0.39 is 0 Å². The van der Waals surface area contributed by atoms with Crippen LogP contribution in [0.1, 0.15) is 15.4 Å². The summed E-state index contributed by atoms with van der Waals surface area (Å²) in [5.41, 5.74) is 1.02. The molecule has 1 heterocycles. The number of benzene rings is 1. The number of hydrogen-bond donors (Lipinski definition) is 1. The van der Waals surface area contributed by atoms with E-state index in [-0.39, 0.29) is 0 Å². The second-order valence-electron chi connectivity index (χ2n) is 3.28. The maximum absolute atomic E-state index is 4.25. The molecule has 1 aromatic carbocycles. The van der Waals surface area contributed by atoms with Gasteiger partial charge in [-0.25, -0.2) is 4.98 Å². The normalized spacial score (nSPS) is 9.56. The SMILES string of the molecule is CNCc1cnc(C#Cc2ccccc2)s1. The van der Waals surface area contributed by atoms with Gasteiger partial charge in [-0.15, -0.1) is 11.3 Å². The molecule has 2 nitrogen and oxygen atoms in total. The Morgan fingerprint density at radius 2 is 2.06 bits per heavy atom. The molecule has 0 saturated heterocycles. The molecule has 2 aromatic rings. The van der Waals surface area contributed by atoms with Crippen molar-refractivity contribution in [2.24, 2.45) is 0 Å². The lowest BCUT2D eigenvalue weighted by molar-refractivity contribution is 0.829. The quantitative estimate of drug-likeness (QED) is 0.798. The Morgan fingerprint density at radius 1 is 1.25 bits per heavy atom. The number of nitrogens with one attached hydrogen (secondary N) is 1. The monoisotopic (exact) mass is 228 g/mol. The zero-order valence-corrected chi connectivity index (χ0v) is 9.84. The maximum atomic E-state index is 4.25. The Morgan fingerprint density at radius 3 is 2.81 bits per heavy atom. The van der Waals surface area contributed by atoms with Crippen LogP contribution in [0.4, 0.5) is 0 Å². The number of hydrogen-bond acceptors (Lipinski definition) is 3. The van der Waals surface area contributed by atoms with Gasteiger partial charge in [0.2, 0.25) is 0 Å². The fourth-order valence-electron chi connectivity index (χ4n) is 1.27. The molecule has 0 unspecified atom stereocenters. The molecule has 0 aliphatic heterocycles. The number of thiazole rings is 1. The van der Waals surface area contributed by atoms with Gasteiger partial charge in [-0.3, -0.25) is 0 Å². The second kappa shape index (κ2) is 5.45. The molecule has 0 atom stereocenters. The van der Waals surface area contributed by atoms with Gasteiger partial charge < -0.3 is 5.32 Å². The van der Waals surface area contributed by atoms with Crippen molar-refractivity contribution in [3.63, 3.8) is 0 Å². The molecule has 0 aliphatic rings. The summed E-state index contributed by atoms with van der Waals surface area (Å²) in [6, 6.07) is 9.94. The van der Waals surface area contributed by atoms with Gasteiger partial charge in [0.05, 0.1) is 0 Å². The number of rotatable bonds is 2. The lowest BCUT2D eigenvalue weighted by Gasteiger charge is -1.88. The van der Waals surface area contributed by atoms with Crippen LogP contribution in [-0.2, 0) is 6.54 Å². The Balaban J connectivity index is 2.12. The number of aromatic nitrogens is 1. The molecular formula is C13H12N2S. The predicted molar refractivity (Wildman–Crippen MR) is 67.3 cm³/mol. The fraction of sp³-hybridized carbons (Fsp3) is 0.154. The molecule has 2 rings (SSSR count). The van der Waals surface area contributed by atoms with E-state index in [1.54, 1.807) is 11.3 Å². The molecule has 0 amide bonds. The highest BCUT2D eigenvalue weighted by molar-refractivity contribution is 7.12. The summed E-state index contributed by atoms with van der Waals surface area (Å²) >= 11 is 1.63. The minimum absolute atomic E-state index is 0.852. The second-order valence-corrected chi connectivity index (χ2v) is 4.39. The molecular weight excluding hydrogens is 216 g/mol. The Labute approximate surface area is 99.4 Å². The molecule has 16 heavy (non-hydrogen) atoms. The van der Waals surface area contributed by atoms with Crippen molar-refractivity contribution in [2.75, 3.05) is 7.05 Å². The van der Waals surface area contributed by atoms with Gasteiger partial charge in [-0.1, -0.05) is 24.1 Å². The third-order valence-electron chi connectivity index (χ3n) is 1.99. The molecule has 1 N–H and O–H groups in total. The average molecular weight is 228 g/mol. The zero-order chi connectivity index (χ0) is 11.2. The van der Waals surface area contributed by atoms with Crippen LogP contribution in [0.15, 0.2) is 36.5 Å². The summed E-state index contributed by atoms with van der Waals surface area (Å²) in [5, 5.41) is 3.96. The van der Waals surface area contributed by atoms with E-state index in [0.29, 0.717) is 0 Å². The molecule has 0 fully saturated rings. The molecule has 0 bridgehead atoms.